The summed E-state index contributed by atoms with van der Waals surface area (Å²) in [6, 6.07) is 21.1. The third kappa shape index (κ3) is 6.27. The summed E-state index contributed by atoms with van der Waals surface area (Å²) in [5, 5.41) is 8.55. The van der Waals surface area contributed by atoms with Crippen LogP contribution in [0.1, 0.15) is 0 Å². The van der Waals surface area contributed by atoms with Crippen LogP contribution >= 0.6 is 0 Å². The maximum Gasteiger partial charge on any atom is 0.322 e. The average molecular weight is 460 g/mol. The molecule has 0 bridgehead atoms. The molecule has 0 radical (unpaired) electrons. The summed E-state index contributed by atoms with van der Waals surface area (Å²) in [6.45, 7) is 10.1. The van der Waals surface area contributed by atoms with Gasteiger partial charge in [-0.2, -0.15) is 0 Å². The van der Waals surface area contributed by atoms with E-state index in [9.17, 15) is 4.79 Å². The zero-order valence-electron chi connectivity index (χ0n) is 19.5. The molecule has 0 atom stereocenters. The monoisotopic (exact) mass is 459 g/mol. The molecule has 1 aliphatic rings. The van der Waals surface area contributed by atoms with E-state index in [4.69, 9.17) is 10.5 Å². The fourth-order valence-electron chi connectivity index (χ4n) is 4.16. The minimum absolute atomic E-state index is 0.178. The van der Waals surface area contributed by atoms with Crippen LogP contribution in [0, 0.1) is 0 Å². The molecule has 3 aromatic carbocycles. The van der Waals surface area contributed by atoms with Gasteiger partial charge in [-0.1, -0.05) is 55.1 Å². The van der Waals surface area contributed by atoms with Crippen LogP contribution in [0.4, 0.5) is 16.2 Å². The Morgan fingerprint density at radius 2 is 1.79 bits per heavy atom. The minimum Gasteiger partial charge on any atom is -0.490 e. The standard InChI is InChI=1S/C27H33N5O2/c1-21(19-31-15-13-29-14-16-31)20-32(17-18-34-26-12-5-4-10-24(26)28)27(33)30-25-11-6-8-22-7-2-3-9-23(22)25/h2-12,29H,1,13-20,28H2,(H,30,33). The van der Waals surface area contributed by atoms with Gasteiger partial charge >= 0.3 is 6.03 Å². The number of para-hydroxylation sites is 2. The van der Waals surface area contributed by atoms with E-state index in [-0.39, 0.29) is 6.03 Å². The van der Waals surface area contributed by atoms with Gasteiger partial charge < -0.3 is 26.0 Å². The second-order valence-electron chi connectivity index (χ2n) is 8.54. The largest absolute Gasteiger partial charge is 0.490 e. The maximum atomic E-state index is 13.4. The van der Waals surface area contributed by atoms with Gasteiger partial charge in [0.2, 0.25) is 0 Å². The predicted molar refractivity (Wildman–Crippen MR) is 139 cm³/mol. The number of fused-ring (bicyclic) bond motifs is 1. The molecule has 0 aromatic heterocycles. The van der Waals surface area contributed by atoms with Gasteiger partial charge in [0.15, 0.2) is 0 Å². The molecule has 0 spiro atoms. The van der Waals surface area contributed by atoms with E-state index in [2.05, 4.69) is 22.1 Å². The van der Waals surface area contributed by atoms with Crippen molar-refractivity contribution < 1.29 is 9.53 Å². The first-order valence-electron chi connectivity index (χ1n) is 11.7. The van der Waals surface area contributed by atoms with Crippen LogP contribution in [-0.2, 0) is 0 Å². The van der Waals surface area contributed by atoms with Crippen molar-refractivity contribution in [2.45, 2.75) is 0 Å². The van der Waals surface area contributed by atoms with Crippen LogP contribution in [0.25, 0.3) is 10.8 Å². The molecule has 1 saturated heterocycles. The lowest BCUT2D eigenvalue weighted by molar-refractivity contribution is 0.196. The van der Waals surface area contributed by atoms with Gasteiger partial charge in [-0.25, -0.2) is 4.79 Å². The third-order valence-electron chi connectivity index (χ3n) is 5.93. The highest BCUT2D eigenvalue weighted by atomic mass is 16.5. The number of ether oxygens (including phenoxy) is 1. The molecule has 1 aliphatic heterocycles. The number of amides is 2. The summed E-state index contributed by atoms with van der Waals surface area (Å²) < 4.78 is 5.87. The number of anilines is 2. The van der Waals surface area contributed by atoms with Crippen LogP contribution in [0.15, 0.2) is 78.9 Å². The fraction of sp³-hybridized carbons (Fsp3) is 0.296. The molecular formula is C27H33N5O2. The zero-order chi connectivity index (χ0) is 23.8. The Balaban J connectivity index is 1.44. The van der Waals surface area contributed by atoms with Gasteiger partial charge in [0.1, 0.15) is 12.4 Å². The Morgan fingerprint density at radius 3 is 2.62 bits per heavy atom. The molecule has 4 rings (SSSR count). The molecule has 0 aliphatic carbocycles. The van der Waals surface area contributed by atoms with Crippen LogP contribution in [0.2, 0.25) is 0 Å². The molecule has 178 valence electrons. The number of rotatable bonds is 9. The topological polar surface area (TPSA) is 82.9 Å². The summed E-state index contributed by atoms with van der Waals surface area (Å²) >= 11 is 0. The van der Waals surface area contributed by atoms with Gasteiger partial charge in [-0.3, -0.25) is 4.90 Å². The molecule has 3 aromatic rings. The van der Waals surface area contributed by atoms with E-state index in [1.807, 2.05) is 60.7 Å². The number of urea groups is 1. The molecule has 1 fully saturated rings. The highest BCUT2D eigenvalue weighted by Crippen LogP contribution is 2.24. The number of piperazine rings is 1. The molecular weight excluding hydrogens is 426 g/mol. The van der Waals surface area contributed by atoms with Gasteiger partial charge in [0, 0.05) is 44.7 Å². The molecule has 0 saturated carbocycles. The third-order valence-corrected chi connectivity index (χ3v) is 5.93. The molecule has 0 unspecified atom stereocenters. The van der Waals surface area contributed by atoms with Crippen molar-refractivity contribution in [3.05, 3.63) is 78.9 Å². The lowest BCUT2D eigenvalue weighted by Crippen LogP contribution is -2.45. The van der Waals surface area contributed by atoms with E-state index in [1.165, 1.54) is 0 Å². The van der Waals surface area contributed by atoms with Gasteiger partial charge in [-0.05, 0) is 29.2 Å². The van der Waals surface area contributed by atoms with Crippen molar-refractivity contribution >= 4 is 28.2 Å². The number of nitrogens with one attached hydrogen (secondary N) is 2. The minimum atomic E-state index is -0.178. The summed E-state index contributed by atoms with van der Waals surface area (Å²) in [6.07, 6.45) is 0. The second-order valence-corrected chi connectivity index (χ2v) is 8.54. The van der Waals surface area contributed by atoms with Crippen molar-refractivity contribution in [3.8, 4) is 5.75 Å². The highest BCUT2D eigenvalue weighted by Gasteiger charge is 2.18. The van der Waals surface area contributed by atoms with Gasteiger partial charge in [0.25, 0.3) is 0 Å². The number of carbonyl (C=O) groups is 1. The second kappa shape index (κ2) is 11.5. The average Bonchev–Trinajstić information content (AvgIpc) is 2.85. The van der Waals surface area contributed by atoms with Crippen LogP contribution in [0.5, 0.6) is 5.75 Å². The number of nitrogens with zero attached hydrogens (tertiary/aromatic N) is 2. The van der Waals surface area contributed by atoms with Crippen molar-refractivity contribution in [2.24, 2.45) is 0 Å². The van der Waals surface area contributed by atoms with Crippen LogP contribution in [0.3, 0.4) is 0 Å². The summed E-state index contributed by atoms with van der Waals surface area (Å²) in [4.78, 5) is 17.5. The molecule has 7 heteroatoms. The number of nitrogen functional groups attached to an aromatic ring is 1. The quantitative estimate of drug-likeness (QED) is 0.335. The van der Waals surface area contributed by atoms with E-state index >= 15 is 0 Å². The number of carbonyl (C=O) groups excluding carboxylic acids is 1. The smallest absolute Gasteiger partial charge is 0.322 e. The van der Waals surface area contributed by atoms with Crippen molar-refractivity contribution in [2.75, 3.05) is 63.5 Å². The SMILES string of the molecule is C=C(CN1CCNCC1)CN(CCOc1ccccc1N)C(=O)Nc1cccc2ccccc12. The molecule has 1 heterocycles. The Labute approximate surface area is 201 Å². The first-order chi connectivity index (χ1) is 16.6. The molecule has 7 nitrogen and oxygen atoms in total. The Hall–Kier alpha value is -3.55. The predicted octanol–water partition coefficient (Wildman–Crippen LogP) is 3.80. The highest BCUT2D eigenvalue weighted by molar-refractivity contribution is 6.01. The Morgan fingerprint density at radius 1 is 1.06 bits per heavy atom. The molecule has 4 N–H and O–H groups in total. The number of hydrogen-bond acceptors (Lipinski definition) is 5. The summed E-state index contributed by atoms with van der Waals surface area (Å²) in [5.74, 6) is 0.622. The number of hydrogen-bond donors (Lipinski definition) is 3. The van der Waals surface area contributed by atoms with E-state index in [1.54, 1.807) is 11.0 Å². The van der Waals surface area contributed by atoms with Crippen LogP contribution < -0.4 is 21.1 Å². The lowest BCUT2D eigenvalue weighted by Gasteiger charge is -2.30. The zero-order valence-corrected chi connectivity index (χ0v) is 19.5. The summed E-state index contributed by atoms with van der Waals surface area (Å²) in [5.41, 5.74) is 8.36. The molecule has 34 heavy (non-hydrogen) atoms. The van der Waals surface area contributed by atoms with E-state index in [0.29, 0.717) is 31.1 Å². The van der Waals surface area contributed by atoms with Gasteiger partial charge in [-0.15, -0.1) is 0 Å². The van der Waals surface area contributed by atoms with Gasteiger partial charge in [0.05, 0.1) is 17.9 Å². The lowest BCUT2D eigenvalue weighted by atomic mass is 10.1. The van der Waals surface area contributed by atoms with Crippen molar-refractivity contribution in [1.82, 2.24) is 15.1 Å². The van der Waals surface area contributed by atoms with E-state index in [0.717, 1.165) is 54.8 Å². The van der Waals surface area contributed by atoms with Crippen molar-refractivity contribution in [3.63, 3.8) is 0 Å². The first kappa shape index (κ1) is 23.6. The normalized spacial score (nSPS) is 14.0. The Bertz CT molecular complexity index is 1120. The number of benzene rings is 3. The summed E-state index contributed by atoms with van der Waals surface area (Å²) in [7, 11) is 0. The first-order valence-corrected chi connectivity index (χ1v) is 11.7. The van der Waals surface area contributed by atoms with Crippen LogP contribution in [-0.4, -0.2) is 68.3 Å². The maximum absolute atomic E-state index is 13.4. The van der Waals surface area contributed by atoms with E-state index < -0.39 is 0 Å². The molecule has 2 amide bonds. The fourth-order valence-corrected chi connectivity index (χ4v) is 4.16. The van der Waals surface area contributed by atoms with Crippen molar-refractivity contribution in [1.29, 1.82) is 0 Å². The number of nitrogens with two attached hydrogens (primary N) is 1. The Kier molecular flexibility index (Phi) is 8.01.